The number of amides is 1. The molecule has 3 heteroatoms. The van der Waals surface area contributed by atoms with E-state index < -0.39 is 5.54 Å². The van der Waals surface area contributed by atoms with Crippen LogP contribution in [0.15, 0.2) is 0 Å². The lowest BCUT2D eigenvalue weighted by Gasteiger charge is -2.33. The molecule has 0 bridgehead atoms. The minimum absolute atomic E-state index is 0.133. The Morgan fingerprint density at radius 1 is 1.06 bits per heavy atom. The van der Waals surface area contributed by atoms with E-state index in [-0.39, 0.29) is 11.8 Å². The summed E-state index contributed by atoms with van der Waals surface area (Å²) in [6.45, 7) is 0. The molecule has 1 amide bonds. The van der Waals surface area contributed by atoms with Crippen LogP contribution in [0, 0.1) is 17.2 Å². The maximum absolute atomic E-state index is 12.2. The monoisotopic (exact) mass is 234 g/mol. The van der Waals surface area contributed by atoms with Gasteiger partial charge in [-0.1, -0.05) is 38.5 Å². The molecular weight excluding hydrogens is 212 g/mol. The Morgan fingerprint density at radius 3 is 2.24 bits per heavy atom. The van der Waals surface area contributed by atoms with Crippen LogP contribution >= 0.6 is 0 Å². The van der Waals surface area contributed by atoms with E-state index in [2.05, 4.69) is 11.4 Å². The van der Waals surface area contributed by atoms with E-state index in [4.69, 9.17) is 0 Å². The SMILES string of the molecule is N#CC1(NC(=O)C2CCCCC2)CCCCC1. The summed E-state index contributed by atoms with van der Waals surface area (Å²) in [5.74, 6) is 0.295. The fourth-order valence-electron chi connectivity index (χ4n) is 3.12. The number of rotatable bonds is 2. The number of carbonyl (C=O) groups is 1. The van der Waals surface area contributed by atoms with Crippen LogP contribution in [0.2, 0.25) is 0 Å². The number of nitrogens with zero attached hydrogens (tertiary/aromatic N) is 1. The first-order valence-corrected chi connectivity index (χ1v) is 6.99. The summed E-state index contributed by atoms with van der Waals surface area (Å²) in [4.78, 5) is 12.2. The van der Waals surface area contributed by atoms with E-state index in [0.717, 1.165) is 51.4 Å². The van der Waals surface area contributed by atoms with Gasteiger partial charge in [-0.3, -0.25) is 4.79 Å². The number of nitriles is 1. The summed E-state index contributed by atoms with van der Waals surface area (Å²) < 4.78 is 0. The molecule has 94 valence electrons. The first-order chi connectivity index (χ1) is 8.26. The van der Waals surface area contributed by atoms with Crippen LogP contribution in [0.3, 0.4) is 0 Å². The molecule has 0 saturated heterocycles. The normalized spacial score (nSPS) is 24.9. The Kier molecular flexibility index (Phi) is 4.04. The molecule has 0 radical (unpaired) electrons. The average Bonchev–Trinajstić information content (AvgIpc) is 2.41. The van der Waals surface area contributed by atoms with Crippen molar-refractivity contribution in [3.05, 3.63) is 0 Å². The minimum atomic E-state index is -0.549. The van der Waals surface area contributed by atoms with Crippen LogP contribution in [0.5, 0.6) is 0 Å². The van der Waals surface area contributed by atoms with Gasteiger partial charge < -0.3 is 5.32 Å². The number of carbonyl (C=O) groups excluding carboxylic acids is 1. The predicted molar refractivity (Wildman–Crippen MR) is 66.1 cm³/mol. The van der Waals surface area contributed by atoms with Gasteiger partial charge in [0.25, 0.3) is 0 Å². The second-order valence-electron chi connectivity index (χ2n) is 5.58. The Balaban J connectivity index is 1.93. The molecule has 0 atom stereocenters. The summed E-state index contributed by atoms with van der Waals surface area (Å²) in [5, 5.41) is 12.4. The standard InChI is InChI=1S/C14H22N2O/c15-11-14(9-5-2-6-10-14)16-13(17)12-7-3-1-4-8-12/h12H,1-10H2,(H,16,17). The van der Waals surface area contributed by atoms with Gasteiger partial charge in [0, 0.05) is 5.92 Å². The van der Waals surface area contributed by atoms with Crippen molar-refractivity contribution in [3.8, 4) is 6.07 Å². The molecule has 2 rings (SSSR count). The van der Waals surface area contributed by atoms with Crippen molar-refractivity contribution in [2.45, 2.75) is 69.7 Å². The fourth-order valence-corrected chi connectivity index (χ4v) is 3.12. The lowest BCUT2D eigenvalue weighted by atomic mass is 9.81. The molecule has 0 aliphatic heterocycles. The molecule has 2 saturated carbocycles. The molecule has 1 N–H and O–H groups in total. The van der Waals surface area contributed by atoms with Crippen LogP contribution in [0.1, 0.15) is 64.2 Å². The van der Waals surface area contributed by atoms with Crippen molar-refractivity contribution >= 4 is 5.91 Å². The highest BCUT2D eigenvalue weighted by molar-refractivity contribution is 5.80. The molecule has 0 aromatic rings. The molecule has 0 spiro atoms. The van der Waals surface area contributed by atoms with E-state index in [1.165, 1.54) is 12.8 Å². The summed E-state index contributed by atoms with van der Waals surface area (Å²) in [5.41, 5.74) is -0.549. The Hall–Kier alpha value is -1.04. The second kappa shape index (κ2) is 5.53. The zero-order valence-electron chi connectivity index (χ0n) is 10.5. The van der Waals surface area contributed by atoms with Gasteiger partial charge in [0.15, 0.2) is 0 Å². The molecule has 2 aliphatic rings. The van der Waals surface area contributed by atoms with E-state index in [0.29, 0.717) is 0 Å². The van der Waals surface area contributed by atoms with E-state index in [1.807, 2.05) is 0 Å². The van der Waals surface area contributed by atoms with Crippen molar-refractivity contribution in [1.29, 1.82) is 5.26 Å². The van der Waals surface area contributed by atoms with Gasteiger partial charge in [0.05, 0.1) is 6.07 Å². The second-order valence-corrected chi connectivity index (χ2v) is 5.58. The van der Waals surface area contributed by atoms with Gasteiger partial charge in [0.2, 0.25) is 5.91 Å². The zero-order chi connectivity index (χ0) is 12.1. The lowest BCUT2D eigenvalue weighted by molar-refractivity contribution is -0.127. The molecule has 0 heterocycles. The van der Waals surface area contributed by atoms with E-state index in [9.17, 15) is 10.1 Å². The average molecular weight is 234 g/mol. The van der Waals surface area contributed by atoms with Gasteiger partial charge in [-0.25, -0.2) is 0 Å². The van der Waals surface area contributed by atoms with E-state index in [1.54, 1.807) is 0 Å². The zero-order valence-corrected chi connectivity index (χ0v) is 10.5. The molecule has 3 nitrogen and oxygen atoms in total. The summed E-state index contributed by atoms with van der Waals surface area (Å²) in [6, 6.07) is 2.36. The number of nitrogens with one attached hydrogen (secondary N) is 1. The predicted octanol–water partition coefficient (Wildman–Crippen LogP) is 2.91. The Bertz CT molecular complexity index is 307. The lowest BCUT2D eigenvalue weighted by Crippen LogP contribution is -2.50. The largest absolute Gasteiger partial charge is 0.338 e. The highest BCUT2D eigenvalue weighted by atomic mass is 16.2. The molecule has 17 heavy (non-hydrogen) atoms. The van der Waals surface area contributed by atoms with Crippen LogP contribution in [-0.2, 0) is 4.79 Å². The van der Waals surface area contributed by atoms with Crippen LogP contribution in [-0.4, -0.2) is 11.4 Å². The molecule has 0 aromatic carbocycles. The molecule has 2 fully saturated rings. The highest BCUT2D eigenvalue weighted by Gasteiger charge is 2.35. The first kappa shape index (κ1) is 12.4. The summed E-state index contributed by atoms with van der Waals surface area (Å²) in [6.07, 6.45) is 10.6. The number of hydrogen-bond donors (Lipinski definition) is 1. The van der Waals surface area contributed by atoms with Gasteiger partial charge in [0.1, 0.15) is 5.54 Å². The minimum Gasteiger partial charge on any atom is -0.338 e. The Labute approximate surface area is 104 Å². The van der Waals surface area contributed by atoms with Gasteiger partial charge in [-0.15, -0.1) is 0 Å². The van der Waals surface area contributed by atoms with Gasteiger partial charge >= 0.3 is 0 Å². The maximum Gasteiger partial charge on any atom is 0.224 e. The molecule has 0 aromatic heterocycles. The van der Waals surface area contributed by atoms with Crippen molar-refractivity contribution in [2.24, 2.45) is 5.92 Å². The topological polar surface area (TPSA) is 52.9 Å². The van der Waals surface area contributed by atoms with Gasteiger partial charge in [-0.2, -0.15) is 5.26 Å². The first-order valence-electron chi connectivity index (χ1n) is 6.99. The van der Waals surface area contributed by atoms with Crippen molar-refractivity contribution < 1.29 is 4.79 Å². The van der Waals surface area contributed by atoms with Crippen LogP contribution < -0.4 is 5.32 Å². The third-order valence-electron chi connectivity index (χ3n) is 4.26. The molecule has 0 unspecified atom stereocenters. The van der Waals surface area contributed by atoms with Crippen LogP contribution in [0.4, 0.5) is 0 Å². The van der Waals surface area contributed by atoms with Crippen LogP contribution in [0.25, 0.3) is 0 Å². The summed E-state index contributed by atoms with van der Waals surface area (Å²) in [7, 11) is 0. The smallest absolute Gasteiger partial charge is 0.224 e. The van der Waals surface area contributed by atoms with Gasteiger partial charge in [-0.05, 0) is 25.7 Å². The molecular formula is C14H22N2O. The highest BCUT2D eigenvalue weighted by Crippen LogP contribution is 2.30. The molecule has 2 aliphatic carbocycles. The third kappa shape index (κ3) is 3.00. The quantitative estimate of drug-likeness (QED) is 0.798. The van der Waals surface area contributed by atoms with Crippen molar-refractivity contribution in [1.82, 2.24) is 5.32 Å². The van der Waals surface area contributed by atoms with Crippen molar-refractivity contribution in [2.75, 3.05) is 0 Å². The van der Waals surface area contributed by atoms with Crippen molar-refractivity contribution in [3.63, 3.8) is 0 Å². The number of hydrogen-bond acceptors (Lipinski definition) is 2. The van der Waals surface area contributed by atoms with E-state index >= 15 is 0 Å². The fraction of sp³-hybridized carbons (Fsp3) is 0.857. The maximum atomic E-state index is 12.2. The Morgan fingerprint density at radius 2 is 1.65 bits per heavy atom. The third-order valence-corrected chi connectivity index (χ3v) is 4.26. The summed E-state index contributed by atoms with van der Waals surface area (Å²) >= 11 is 0.